The van der Waals surface area contributed by atoms with Crippen molar-refractivity contribution in [2.45, 2.75) is 11.1 Å². The van der Waals surface area contributed by atoms with E-state index in [0.717, 1.165) is 35.6 Å². The normalized spacial score (nSPS) is 12.3. The minimum atomic E-state index is -4.53. The Labute approximate surface area is 145 Å². The Kier molecular flexibility index (Phi) is 4.33. The lowest BCUT2D eigenvalue weighted by Crippen LogP contribution is -2.13. The molecular formula is C15H11F3N2O3S2. The molecule has 0 amide bonds. The van der Waals surface area contributed by atoms with Crippen molar-refractivity contribution < 1.29 is 26.3 Å². The topological polar surface area (TPSA) is 68.3 Å². The third-order valence-electron chi connectivity index (χ3n) is 3.31. The van der Waals surface area contributed by atoms with Crippen LogP contribution in [0.25, 0.3) is 10.2 Å². The molecule has 1 N–H and O–H groups in total. The average molecular weight is 388 g/mol. The van der Waals surface area contributed by atoms with E-state index in [1.165, 1.54) is 7.11 Å². The zero-order valence-electron chi connectivity index (χ0n) is 12.7. The average Bonchev–Trinajstić information content (AvgIpc) is 2.94. The second-order valence-electron chi connectivity index (χ2n) is 4.98. The molecule has 0 radical (unpaired) electrons. The highest BCUT2D eigenvalue weighted by Crippen LogP contribution is 2.32. The molecule has 0 aliphatic heterocycles. The summed E-state index contributed by atoms with van der Waals surface area (Å²) < 4.78 is 70.4. The van der Waals surface area contributed by atoms with Gasteiger partial charge in [0, 0.05) is 0 Å². The van der Waals surface area contributed by atoms with Crippen molar-refractivity contribution in [3.05, 3.63) is 48.0 Å². The van der Waals surface area contributed by atoms with Crippen LogP contribution in [-0.2, 0) is 16.2 Å². The highest BCUT2D eigenvalue weighted by molar-refractivity contribution is 7.93. The molecule has 10 heteroatoms. The molecule has 0 unspecified atom stereocenters. The predicted molar refractivity (Wildman–Crippen MR) is 88.4 cm³/mol. The van der Waals surface area contributed by atoms with E-state index in [1.807, 2.05) is 0 Å². The van der Waals surface area contributed by atoms with Gasteiger partial charge >= 0.3 is 6.18 Å². The summed E-state index contributed by atoms with van der Waals surface area (Å²) in [6.07, 6.45) is -4.53. The van der Waals surface area contributed by atoms with E-state index in [4.69, 9.17) is 4.74 Å². The van der Waals surface area contributed by atoms with Gasteiger partial charge in [0.05, 0.1) is 27.8 Å². The number of aromatic nitrogens is 1. The number of anilines is 1. The Morgan fingerprint density at radius 1 is 1.12 bits per heavy atom. The Hall–Kier alpha value is -2.33. The number of thiazole rings is 1. The van der Waals surface area contributed by atoms with Crippen molar-refractivity contribution in [1.82, 2.24) is 4.98 Å². The SMILES string of the molecule is COc1ccc2nc(NS(=O)(=O)c3ccc(C(F)(F)F)cc3)sc2c1. The summed E-state index contributed by atoms with van der Waals surface area (Å²) in [6, 6.07) is 8.33. The van der Waals surface area contributed by atoms with E-state index in [9.17, 15) is 21.6 Å². The van der Waals surface area contributed by atoms with Crippen LogP contribution < -0.4 is 9.46 Å². The number of benzene rings is 2. The maximum atomic E-state index is 12.6. The van der Waals surface area contributed by atoms with Gasteiger partial charge in [-0.3, -0.25) is 4.72 Å². The van der Waals surface area contributed by atoms with Gasteiger partial charge in [-0.25, -0.2) is 13.4 Å². The van der Waals surface area contributed by atoms with E-state index < -0.39 is 21.8 Å². The maximum absolute atomic E-state index is 12.6. The van der Waals surface area contributed by atoms with E-state index in [1.54, 1.807) is 18.2 Å². The van der Waals surface area contributed by atoms with Gasteiger partial charge in [-0.1, -0.05) is 11.3 Å². The highest BCUT2D eigenvalue weighted by atomic mass is 32.2. The maximum Gasteiger partial charge on any atom is 0.416 e. The van der Waals surface area contributed by atoms with E-state index >= 15 is 0 Å². The third-order valence-corrected chi connectivity index (χ3v) is 5.73. The molecule has 0 saturated heterocycles. The largest absolute Gasteiger partial charge is 0.497 e. The quantitative estimate of drug-likeness (QED) is 0.730. The lowest BCUT2D eigenvalue weighted by molar-refractivity contribution is -0.137. The van der Waals surface area contributed by atoms with Crippen molar-refractivity contribution in [3.63, 3.8) is 0 Å². The smallest absolute Gasteiger partial charge is 0.416 e. The molecule has 5 nitrogen and oxygen atoms in total. The molecule has 0 aliphatic rings. The number of fused-ring (bicyclic) bond motifs is 1. The molecule has 0 fully saturated rings. The van der Waals surface area contributed by atoms with E-state index in [2.05, 4.69) is 9.71 Å². The summed E-state index contributed by atoms with van der Waals surface area (Å²) in [5.41, 5.74) is -0.338. The first-order chi connectivity index (χ1) is 11.7. The molecule has 0 atom stereocenters. The minimum Gasteiger partial charge on any atom is -0.497 e. The Morgan fingerprint density at radius 3 is 2.40 bits per heavy atom. The molecule has 0 bridgehead atoms. The standard InChI is InChI=1S/C15H11F3N2O3S2/c1-23-10-4-7-12-13(8-10)24-14(19-12)20-25(21,22)11-5-2-9(3-6-11)15(16,17)18/h2-8H,1H3,(H,19,20). The molecule has 3 rings (SSSR count). The number of sulfonamides is 1. The van der Waals surface area contributed by atoms with Crippen molar-refractivity contribution in [3.8, 4) is 5.75 Å². The van der Waals surface area contributed by atoms with Crippen molar-refractivity contribution in [1.29, 1.82) is 0 Å². The van der Waals surface area contributed by atoms with Gasteiger partial charge in [0.2, 0.25) is 0 Å². The number of rotatable bonds is 4. The van der Waals surface area contributed by atoms with Crippen molar-refractivity contribution in [2.24, 2.45) is 0 Å². The number of nitrogens with zero attached hydrogens (tertiary/aromatic N) is 1. The number of nitrogens with one attached hydrogen (secondary N) is 1. The second-order valence-corrected chi connectivity index (χ2v) is 7.69. The summed E-state index contributed by atoms with van der Waals surface area (Å²) in [5, 5.41) is 0.114. The molecular weight excluding hydrogens is 377 g/mol. The Balaban J connectivity index is 1.88. The first kappa shape index (κ1) is 17.5. The molecule has 0 saturated carbocycles. The number of alkyl halides is 3. The van der Waals surface area contributed by atoms with E-state index in [0.29, 0.717) is 16.0 Å². The third kappa shape index (κ3) is 3.69. The van der Waals surface area contributed by atoms with Gasteiger partial charge in [0.1, 0.15) is 5.75 Å². The van der Waals surface area contributed by atoms with Crippen LogP contribution in [0.4, 0.5) is 18.3 Å². The zero-order chi connectivity index (χ0) is 18.2. The monoisotopic (exact) mass is 388 g/mol. The summed E-state index contributed by atoms with van der Waals surface area (Å²) >= 11 is 1.09. The first-order valence-corrected chi connectivity index (χ1v) is 9.14. The van der Waals surface area contributed by atoms with Gasteiger partial charge in [-0.05, 0) is 42.5 Å². The molecule has 25 heavy (non-hydrogen) atoms. The molecule has 3 aromatic rings. The zero-order valence-corrected chi connectivity index (χ0v) is 14.3. The van der Waals surface area contributed by atoms with Crippen LogP contribution in [0.2, 0.25) is 0 Å². The van der Waals surface area contributed by atoms with Crippen LogP contribution in [0.3, 0.4) is 0 Å². The lowest BCUT2D eigenvalue weighted by Gasteiger charge is -2.08. The van der Waals surface area contributed by atoms with Gasteiger partial charge in [0.25, 0.3) is 10.0 Å². The second kappa shape index (κ2) is 6.19. The lowest BCUT2D eigenvalue weighted by atomic mass is 10.2. The molecule has 1 heterocycles. The number of hydrogen-bond donors (Lipinski definition) is 1. The molecule has 0 aliphatic carbocycles. The van der Waals surface area contributed by atoms with Crippen LogP contribution in [-0.4, -0.2) is 20.5 Å². The molecule has 2 aromatic carbocycles. The number of halogens is 3. The minimum absolute atomic E-state index is 0.114. The number of methoxy groups -OCH3 is 1. The first-order valence-electron chi connectivity index (χ1n) is 6.84. The summed E-state index contributed by atoms with van der Waals surface area (Å²) in [6.45, 7) is 0. The Morgan fingerprint density at radius 2 is 1.80 bits per heavy atom. The highest BCUT2D eigenvalue weighted by Gasteiger charge is 2.30. The fourth-order valence-corrected chi connectivity index (χ4v) is 4.20. The molecule has 0 spiro atoms. The molecule has 132 valence electrons. The summed E-state index contributed by atoms with van der Waals surface area (Å²) in [4.78, 5) is 3.87. The predicted octanol–water partition coefficient (Wildman–Crippen LogP) is 4.12. The summed E-state index contributed by atoms with van der Waals surface area (Å²) in [5.74, 6) is 0.605. The van der Waals surface area contributed by atoms with E-state index in [-0.39, 0.29) is 10.0 Å². The van der Waals surface area contributed by atoms with Crippen LogP contribution in [0.1, 0.15) is 5.56 Å². The summed E-state index contributed by atoms with van der Waals surface area (Å²) in [7, 11) is -2.53. The fraction of sp³-hybridized carbons (Fsp3) is 0.133. The van der Waals surface area contributed by atoms with Gasteiger partial charge in [-0.15, -0.1) is 0 Å². The Bertz CT molecular complexity index is 1010. The van der Waals surface area contributed by atoms with Crippen molar-refractivity contribution >= 4 is 36.7 Å². The van der Waals surface area contributed by atoms with Gasteiger partial charge < -0.3 is 4.74 Å². The van der Waals surface area contributed by atoms with Crippen molar-refractivity contribution in [2.75, 3.05) is 11.8 Å². The van der Waals surface area contributed by atoms with Gasteiger partial charge in [-0.2, -0.15) is 13.2 Å². The van der Waals surface area contributed by atoms with Gasteiger partial charge in [0.15, 0.2) is 5.13 Å². The molecule has 1 aromatic heterocycles. The number of hydrogen-bond acceptors (Lipinski definition) is 5. The van der Waals surface area contributed by atoms with Crippen LogP contribution in [0, 0.1) is 0 Å². The van der Waals surface area contributed by atoms with Crippen LogP contribution in [0.5, 0.6) is 5.75 Å². The van der Waals surface area contributed by atoms with Crippen LogP contribution >= 0.6 is 11.3 Å². The number of ether oxygens (including phenoxy) is 1. The van der Waals surface area contributed by atoms with Crippen LogP contribution in [0.15, 0.2) is 47.4 Å². The fourth-order valence-electron chi connectivity index (χ4n) is 2.07.